The number of nitrogens with one attached hydrogen (secondary N) is 1. The number of halogens is 3. The van der Waals surface area contributed by atoms with Gasteiger partial charge in [0.15, 0.2) is 0 Å². The summed E-state index contributed by atoms with van der Waals surface area (Å²) in [5, 5.41) is 0. The first-order valence-corrected chi connectivity index (χ1v) is 8.88. The van der Waals surface area contributed by atoms with Gasteiger partial charge in [0.1, 0.15) is 11.9 Å². The van der Waals surface area contributed by atoms with Crippen molar-refractivity contribution < 1.29 is 17.9 Å². The Morgan fingerprint density at radius 2 is 1.88 bits per heavy atom. The minimum atomic E-state index is -4.35. The second-order valence-electron chi connectivity index (χ2n) is 6.12. The van der Waals surface area contributed by atoms with Crippen LogP contribution in [0.5, 0.6) is 5.75 Å². The third kappa shape index (κ3) is 3.14. The molecule has 1 aromatic heterocycles. The van der Waals surface area contributed by atoms with Crippen molar-refractivity contribution in [2.75, 3.05) is 0 Å². The Balaban J connectivity index is 1.56. The highest BCUT2D eigenvalue weighted by Crippen LogP contribution is 2.42. The molecule has 7 heteroatoms. The average molecular weight is 377 g/mol. The van der Waals surface area contributed by atoms with Crippen molar-refractivity contribution >= 4 is 11.5 Å². The van der Waals surface area contributed by atoms with Crippen LogP contribution in [0.2, 0.25) is 0 Å². The van der Waals surface area contributed by atoms with Gasteiger partial charge in [-0.3, -0.25) is 9.17 Å². The first-order valence-electron chi connectivity index (χ1n) is 8.06. The van der Waals surface area contributed by atoms with E-state index in [1.807, 2.05) is 12.1 Å². The maximum atomic E-state index is 13.1. The number of alkyl halides is 3. The van der Waals surface area contributed by atoms with Crippen LogP contribution >= 0.6 is 11.5 Å². The molecule has 0 amide bonds. The third-order valence-electron chi connectivity index (χ3n) is 4.46. The molecule has 134 valence electrons. The Hall–Kier alpha value is -2.54. The number of ether oxygens (including phenoxy) is 1. The number of hydrogen-bond acceptors (Lipinski definition) is 3. The molecule has 0 saturated heterocycles. The number of hydrogen-bond donors (Lipinski definition) is 1. The van der Waals surface area contributed by atoms with Crippen LogP contribution in [0.25, 0.3) is 10.4 Å². The van der Waals surface area contributed by atoms with E-state index in [9.17, 15) is 18.0 Å². The van der Waals surface area contributed by atoms with Crippen molar-refractivity contribution in [1.29, 1.82) is 0 Å². The predicted molar refractivity (Wildman–Crippen MR) is 93.5 cm³/mol. The fourth-order valence-corrected chi connectivity index (χ4v) is 3.98. The molecule has 3 nitrogen and oxygen atoms in total. The van der Waals surface area contributed by atoms with E-state index in [0.29, 0.717) is 29.7 Å². The van der Waals surface area contributed by atoms with E-state index in [0.717, 1.165) is 16.5 Å². The van der Waals surface area contributed by atoms with Crippen LogP contribution in [0.15, 0.2) is 53.3 Å². The number of H-pyrrole nitrogens is 1. The largest absolute Gasteiger partial charge is 0.486 e. The molecule has 4 rings (SSSR count). The van der Waals surface area contributed by atoms with Gasteiger partial charge in [0.2, 0.25) is 0 Å². The van der Waals surface area contributed by atoms with Gasteiger partial charge in [0.25, 0.3) is 5.56 Å². The molecule has 0 spiro atoms. The lowest BCUT2D eigenvalue weighted by atomic mass is 10.0. The topological polar surface area (TPSA) is 42.1 Å². The van der Waals surface area contributed by atoms with Crippen molar-refractivity contribution in [1.82, 2.24) is 4.37 Å². The van der Waals surface area contributed by atoms with Crippen molar-refractivity contribution in [3.63, 3.8) is 0 Å². The summed E-state index contributed by atoms with van der Waals surface area (Å²) in [7, 11) is 0. The molecule has 26 heavy (non-hydrogen) atoms. The zero-order valence-electron chi connectivity index (χ0n) is 13.5. The highest BCUT2D eigenvalue weighted by molar-refractivity contribution is 7.09. The van der Waals surface area contributed by atoms with Crippen molar-refractivity contribution in [3.8, 4) is 16.2 Å². The van der Waals surface area contributed by atoms with Crippen molar-refractivity contribution in [2.24, 2.45) is 0 Å². The molecule has 0 radical (unpaired) electrons. The highest BCUT2D eigenvalue weighted by Gasteiger charge is 2.37. The number of aromatic nitrogens is 1. The summed E-state index contributed by atoms with van der Waals surface area (Å²) in [5.41, 5.74) is 1.10. The van der Waals surface area contributed by atoms with E-state index < -0.39 is 11.7 Å². The van der Waals surface area contributed by atoms with E-state index in [-0.39, 0.29) is 11.7 Å². The van der Waals surface area contributed by atoms with E-state index in [2.05, 4.69) is 4.37 Å². The van der Waals surface area contributed by atoms with Crippen LogP contribution in [0.4, 0.5) is 13.2 Å². The highest BCUT2D eigenvalue weighted by atomic mass is 32.1. The predicted octanol–water partition coefficient (Wildman–Crippen LogP) is 5.19. The number of fused-ring (bicyclic) bond motifs is 1. The molecule has 0 fully saturated rings. The molecule has 1 atom stereocenters. The standard InChI is InChI=1S/C19H14F3NO2S/c20-19(21,22)15-3-1-2-14-13(15)8-9-16(14)25-12-6-4-11(5-7-12)17-10-18(24)23-26-17/h1-7,10,16H,8-9H2,(H,23,24). The molecule has 1 unspecified atom stereocenters. The monoisotopic (exact) mass is 377 g/mol. The van der Waals surface area contributed by atoms with Gasteiger partial charge in [-0.15, -0.1) is 0 Å². The molecule has 0 aliphatic heterocycles. The molecule has 3 aromatic rings. The third-order valence-corrected chi connectivity index (χ3v) is 5.34. The van der Waals surface area contributed by atoms with E-state index in [1.165, 1.54) is 23.7 Å². The molecule has 1 heterocycles. The lowest BCUT2D eigenvalue weighted by Gasteiger charge is -2.16. The lowest BCUT2D eigenvalue weighted by Crippen LogP contribution is -2.09. The molecule has 0 bridgehead atoms. The average Bonchev–Trinajstić information content (AvgIpc) is 3.21. The maximum absolute atomic E-state index is 13.1. The maximum Gasteiger partial charge on any atom is 0.416 e. The van der Waals surface area contributed by atoms with Crippen LogP contribution in [0.3, 0.4) is 0 Å². The quantitative estimate of drug-likeness (QED) is 0.683. The first kappa shape index (κ1) is 16.9. The fourth-order valence-electron chi connectivity index (χ4n) is 3.29. The Labute approximate surface area is 151 Å². The summed E-state index contributed by atoms with van der Waals surface area (Å²) in [6.07, 6.45) is -3.87. The summed E-state index contributed by atoms with van der Waals surface area (Å²) in [4.78, 5) is 12.0. The summed E-state index contributed by atoms with van der Waals surface area (Å²) in [6.45, 7) is 0. The van der Waals surface area contributed by atoms with Crippen LogP contribution in [-0.4, -0.2) is 4.37 Å². The van der Waals surface area contributed by atoms with Gasteiger partial charge in [-0.2, -0.15) is 13.2 Å². The SMILES string of the molecule is O=c1cc(-c2ccc(OC3CCc4c3cccc4C(F)(F)F)cc2)s[nH]1. The molecule has 1 N–H and O–H groups in total. The Morgan fingerprint density at radius 3 is 2.54 bits per heavy atom. The van der Waals surface area contributed by atoms with Gasteiger partial charge in [-0.1, -0.05) is 23.7 Å². The van der Waals surface area contributed by atoms with Gasteiger partial charge in [-0.05, 0) is 59.9 Å². The normalized spacial score (nSPS) is 16.5. The van der Waals surface area contributed by atoms with Crippen LogP contribution < -0.4 is 10.3 Å². The van der Waals surface area contributed by atoms with E-state index in [4.69, 9.17) is 4.74 Å². The lowest BCUT2D eigenvalue weighted by molar-refractivity contribution is -0.138. The summed E-state index contributed by atoms with van der Waals surface area (Å²) in [6, 6.07) is 13.0. The fraction of sp³-hybridized carbons (Fsp3) is 0.211. The minimum absolute atomic E-state index is 0.145. The molecule has 1 aliphatic rings. The number of rotatable bonds is 3. The Bertz CT molecular complexity index is 989. The zero-order chi connectivity index (χ0) is 18.3. The van der Waals surface area contributed by atoms with Gasteiger partial charge < -0.3 is 4.74 Å². The van der Waals surface area contributed by atoms with Gasteiger partial charge >= 0.3 is 6.18 Å². The molecular weight excluding hydrogens is 363 g/mol. The second kappa shape index (κ2) is 6.32. The van der Waals surface area contributed by atoms with Crippen LogP contribution in [0.1, 0.15) is 29.2 Å². The Morgan fingerprint density at radius 1 is 1.12 bits per heavy atom. The Kier molecular flexibility index (Phi) is 4.11. The first-order chi connectivity index (χ1) is 12.4. The van der Waals surface area contributed by atoms with Crippen LogP contribution in [0, 0.1) is 0 Å². The molecular formula is C19H14F3NO2S. The van der Waals surface area contributed by atoms with Gasteiger partial charge in [0.05, 0.1) is 10.4 Å². The zero-order valence-corrected chi connectivity index (χ0v) is 14.3. The van der Waals surface area contributed by atoms with E-state index in [1.54, 1.807) is 18.2 Å². The summed E-state index contributed by atoms with van der Waals surface area (Å²) in [5.74, 6) is 0.590. The molecule has 1 aliphatic carbocycles. The smallest absolute Gasteiger partial charge is 0.416 e. The second-order valence-corrected chi connectivity index (χ2v) is 6.97. The number of aromatic amines is 1. The van der Waals surface area contributed by atoms with Gasteiger partial charge in [-0.25, -0.2) is 0 Å². The summed E-state index contributed by atoms with van der Waals surface area (Å²) >= 11 is 1.25. The van der Waals surface area contributed by atoms with Gasteiger partial charge in [0, 0.05) is 6.07 Å². The van der Waals surface area contributed by atoms with Crippen LogP contribution in [-0.2, 0) is 12.6 Å². The minimum Gasteiger partial charge on any atom is -0.486 e. The van der Waals surface area contributed by atoms with Crippen molar-refractivity contribution in [3.05, 3.63) is 75.6 Å². The van der Waals surface area contributed by atoms with E-state index >= 15 is 0 Å². The van der Waals surface area contributed by atoms with Crippen molar-refractivity contribution in [2.45, 2.75) is 25.1 Å². The molecule has 0 saturated carbocycles. The molecule has 2 aromatic carbocycles. The number of benzene rings is 2. The summed E-state index contributed by atoms with van der Waals surface area (Å²) < 4.78 is 48.0.